The van der Waals surface area contributed by atoms with Crippen LogP contribution < -0.4 is 0 Å². The molecule has 0 amide bonds. The lowest BCUT2D eigenvalue weighted by Gasteiger charge is -2.15. The van der Waals surface area contributed by atoms with Crippen molar-refractivity contribution in [2.75, 3.05) is 19.8 Å². The van der Waals surface area contributed by atoms with Crippen LogP contribution >= 0.6 is 0 Å². The molecule has 0 rings (SSSR count). The predicted molar refractivity (Wildman–Crippen MR) is 150 cm³/mol. The zero-order chi connectivity index (χ0) is 25.7. The fourth-order valence-electron chi connectivity index (χ4n) is 4.00. The van der Waals surface area contributed by atoms with Crippen LogP contribution in [0.5, 0.6) is 0 Å². The van der Waals surface area contributed by atoms with Crippen LogP contribution in [0.15, 0.2) is 24.3 Å². The summed E-state index contributed by atoms with van der Waals surface area (Å²) in [5, 5.41) is 9.45. The van der Waals surface area contributed by atoms with Crippen LogP contribution in [0, 0.1) is 0 Å². The quantitative estimate of drug-likeness (QED) is 0.0703. The summed E-state index contributed by atoms with van der Waals surface area (Å²) in [6.07, 6.45) is 32.1. The number of aliphatic hydroxyl groups excluding tert-OH is 1. The molecule has 0 aliphatic rings. The second-order valence-electron chi connectivity index (χ2n) is 9.82. The molecule has 1 atom stereocenters. The number of hydrogen-bond acceptors (Lipinski definition) is 4. The van der Waals surface area contributed by atoms with E-state index in [2.05, 4.69) is 38.2 Å². The largest absolute Gasteiger partial charge is 0.457 e. The molecule has 0 heterocycles. The number of carbonyl (C=O) groups is 1. The molecule has 0 aromatic heterocycles. The summed E-state index contributed by atoms with van der Waals surface area (Å²) < 4.78 is 11.0. The first-order valence-electron chi connectivity index (χ1n) is 14.9. The van der Waals surface area contributed by atoms with Crippen LogP contribution in [0.4, 0.5) is 0 Å². The van der Waals surface area contributed by atoms with E-state index in [4.69, 9.17) is 9.47 Å². The van der Waals surface area contributed by atoms with E-state index in [0.29, 0.717) is 19.6 Å². The van der Waals surface area contributed by atoms with E-state index in [-0.39, 0.29) is 12.6 Å². The van der Waals surface area contributed by atoms with Gasteiger partial charge in [-0.1, -0.05) is 115 Å². The Morgan fingerprint density at radius 3 is 1.83 bits per heavy atom. The smallest absolute Gasteiger partial charge is 0.306 e. The van der Waals surface area contributed by atoms with Gasteiger partial charge in [-0.3, -0.25) is 4.79 Å². The monoisotopic (exact) mass is 494 g/mol. The Labute approximate surface area is 217 Å². The van der Waals surface area contributed by atoms with Crippen molar-refractivity contribution in [1.29, 1.82) is 0 Å². The number of aliphatic hydroxyl groups is 1. The summed E-state index contributed by atoms with van der Waals surface area (Å²) in [4.78, 5) is 11.9. The fourth-order valence-corrected chi connectivity index (χ4v) is 4.00. The molecule has 1 N–H and O–H groups in total. The van der Waals surface area contributed by atoms with Crippen molar-refractivity contribution < 1.29 is 19.4 Å². The molecule has 0 saturated carbocycles. The van der Waals surface area contributed by atoms with Gasteiger partial charge in [0.25, 0.3) is 0 Å². The normalized spacial score (nSPS) is 12.7. The Bertz CT molecular complexity index is 486. The molecular weight excluding hydrogens is 436 g/mol. The van der Waals surface area contributed by atoms with Crippen LogP contribution in [0.2, 0.25) is 0 Å². The second-order valence-corrected chi connectivity index (χ2v) is 9.82. The number of rotatable bonds is 27. The van der Waals surface area contributed by atoms with E-state index in [1.807, 2.05) is 0 Å². The first kappa shape index (κ1) is 33.9. The van der Waals surface area contributed by atoms with Crippen molar-refractivity contribution in [3.05, 3.63) is 24.3 Å². The average molecular weight is 495 g/mol. The van der Waals surface area contributed by atoms with E-state index >= 15 is 0 Å². The van der Waals surface area contributed by atoms with E-state index in [1.165, 1.54) is 96.3 Å². The minimum absolute atomic E-state index is 0.174. The first-order chi connectivity index (χ1) is 17.2. The fraction of sp³-hybridized carbons (Fsp3) is 0.839. The number of unbranched alkanes of at least 4 members (excludes halogenated alkanes) is 15. The molecule has 0 fully saturated rings. The molecule has 0 aromatic carbocycles. The lowest BCUT2D eigenvalue weighted by atomic mass is 10.1. The summed E-state index contributed by atoms with van der Waals surface area (Å²) in [6.45, 7) is 5.25. The van der Waals surface area contributed by atoms with Crippen molar-refractivity contribution in [2.24, 2.45) is 0 Å². The minimum atomic E-state index is -0.531. The average Bonchev–Trinajstić information content (AvgIpc) is 2.86. The van der Waals surface area contributed by atoms with Gasteiger partial charge in [-0.15, -0.1) is 0 Å². The molecule has 0 aliphatic carbocycles. The van der Waals surface area contributed by atoms with E-state index < -0.39 is 6.10 Å². The van der Waals surface area contributed by atoms with Crippen molar-refractivity contribution in [3.8, 4) is 0 Å². The zero-order valence-electron chi connectivity index (χ0n) is 23.3. The number of ether oxygens (including phenoxy) is 2. The van der Waals surface area contributed by atoms with Gasteiger partial charge in [0.2, 0.25) is 0 Å². The Hall–Kier alpha value is -1.13. The van der Waals surface area contributed by atoms with Crippen molar-refractivity contribution >= 4 is 5.97 Å². The van der Waals surface area contributed by atoms with Crippen LogP contribution in [0.3, 0.4) is 0 Å². The van der Waals surface area contributed by atoms with Crippen LogP contribution in [0.25, 0.3) is 0 Å². The van der Waals surface area contributed by atoms with Gasteiger partial charge in [-0.05, 0) is 44.9 Å². The highest BCUT2D eigenvalue weighted by atomic mass is 16.6. The molecule has 4 nitrogen and oxygen atoms in total. The van der Waals surface area contributed by atoms with E-state index in [0.717, 1.165) is 25.7 Å². The number of esters is 1. The highest BCUT2D eigenvalue weighted by Gasteiger charge is 2.13. The maximum absolute atomic E-state index is 11.9. The Morgan fingerprint density at radius 1 is 0.686 bits per heavy atom. The van der Waals surface area contributed by atoms with Crippen molar-refractivity contribution in [2.45, 2.75) is 148 Å². The van der Waals surface area contributed by atoms with Crippen LogP contribution in [0.1, 0.15) is 142 Å². The van der Waals surface area contributed by atoms with Gasteiger partial charge in [-0.25, -0.2) is 0 Å². The highest BCUT2D eigenvalue weighted by Crippen LogP contribution is 2.10. The van der Waals surface area contributed by atoms with E-state index in [9.17, 15) is 9.90 Å². The van der Waals surface area contributed by atoms with Gasteiger partial charge < -0.3 is 14.6 Å². The summed E-state index contributed by atoms with van der Waals surface area (Å²) >= 11 is 0. The molecular formula is C31H58O4. The molecule has 0 radical (unpaired) electrons. The van der Waals surface area contributed by atoms with Gasteiger partial charge in [-0.2, -0.15) is 0 Å². The van der Waals surface area contributed by atoms with Crippen LogP contribution in [-0.4, -0.2) is 37.0 Å². The van der Waals surface area contributed by atoms with Gasteiger partial charge in [0.05, 0.1) is 13.2 Å². The Balaban J connectivity index is 3.45. The summed E-state index contributed by atoms with van der Waals surface area (Å²) in [6, 6.07) is 0. The summed E-state index contributed by atoms with van der Waals surface area (Å²) in [5.74, 6) is -0.213. The molecule has 0 aliphatic heterocycles. The lowest BCUT2D eigenvalue weighted by molar-refractivity contribution is -0.154. The first-order valence-corrected chi connectivity index (χ1v) is 14.9. The molecule has 4 heteroatoms. The number of allylic oxidation sites excluding steroid dienone is 4. The Kier molecular flexibility index (Phi) is 28.2. The second kappa shape index (κ2) is 29.1. The highest BCUT2D eigenvalue weighted by molar-refractivity contribution is 5.69. The third-order valence-electron chi connectivity index (χ3n) is 6.28. The molecule has 0 bridgehead atoms. The SMILES string of the molecule is CCCCC/C=C\C/C=C\CCCCCCCCOCC(CO)OC(=O)CCCCCCCCC. The third kappa shape index (κ3) is 27.3. The zero-order valence-corrected chi connectivity index (χ0v) is 23.3. The number of hydrogen-bond donors (Lipinski definition) is 1. The van der Waals surface area contributed by atoms with Crippen molar-refractivity contribution in [1.82, 2.24) is 0 Å². The van der Waals surface area contributed by atoms with Gasteiger partial charge >= 0.3 is 5.97 Å². The summed E-state index contributed by atoms with van der Waals surface area (Å²) in [5.41, 5.74) is 0. The topological polar surface area (TPSA) is 55.8 Å². The van der Waals surface area contributed by atoms with Gasteiger partial charge in [0, 0.05) is 13.0 Å². The molecule has 0 saturated heterocycles. The molecule has 35 heavy (non-hydrogen) atoms. The standard InChI is InChI=1S/C31H58O4/c1-3-5-7-9-11-12-13-14-15-16-17-18-19-21-23-25-27-34-29-30(28-32)35-31(33)26-24-22-20-10-8-6-4-2/h11-12,14-15,30,32H,3-10,13,16-29H2,1-2H3/b12-11-,15-14-. The predicted octanol–water partition coefficient (Wildman–Crippen LogP) is 8.86. The third-order valence-corrected chi connectivity index (χ3v) is 6.28. The van der Waals surface area contributed by atoms with Gasteiger partial charge in [0.15, 0.2) is 0 Å². The maximum atomic E-state index is 11.9. The Morgan fingerprint density at radius 2 is 1.20 bits per heavy atom. The van der Waals surface area contributed by atoms with Gasteiger partial charge in [0.1, 0.15) is 6.10 Å². The van der Waals surface area contributed by atoms with Crippen LogP contribution in [-0.2, 0) is 14.3 Å². The van der Waals surface area contributed by atoms with Crippen molar-refractivity contribution in [3.63, 3.8) is 0 Å². The lowest BCUT2D eigenvalue weighted by Crippen LogP contribution is -2.27. The molecule has 206 valence electrons. The maximum Gasteiger partial charge on any atom is 0.306 e. The summed E-state index contributed by atoms with van der Waals surface area (Å²) in [7, 11) is 0. The molecule has 1 unspecified atom stereocenters. The number of carbonyl (C=O) groups excluding carboxylic acids is 1. The molecule has 0 spiro atoms. The minimum Gasteiger partial charge on any atom is -0.457 e. The van der Waals surface area contributed by atoms with E-state index in [1.54, 1.807) is 0 Å². The molecule has 0 aromatic rings.